The monoisotopic (exact) mass is 271 g/mol. The van der Waals surface area contributed by atoms with Crippen molar-refractivity contribution in [1.82, 2.24) is 4.90 Å². The Kier molecular flexibility index (Phi) is 3.62. The SMILES string of the molecule is C=C(C(=O)O[C@H]1C[C@H]2CC[C@@H](C1)N2C)c1ccccc1. The van der Waals surface area contributed by atoms with Gasteiger partial charge in [0.05, 0.1) is 5.57 Å². The highest BCUT2D eigenvalue weighted by Crippen LogP contribution is 2.35. The van der Waals surface area contributed by atoms with Gasteiger partial charge < -0.3 is 9.64 Å². The molecule has 3 heteroatoms. The minimum absolute atomic E-state index is 0.0525. The first-order valence-corrected chi connectivity index (χ1v) is 7.32. The van der Waals surface area contributed by atoms with E-state index in [4.69, 9.17) is 4.74 Å². The van der Waals surface area contributed by atoms with Crippen LogP contribution in [-0.2, 0) is 9.53 Å². The van der Waals surface area contributed by atoms with Crippen LogP contribution in [0.25, 0.3) is 5.57 Å². The molecule has 1 aromatic rings. The van der Waals surface area contributed by atoms with Gasteiger partial charge in [-0.3, -0.25) is 0 Å². The third-order valence-electron chi connectivity index (χ3n) is 4.70. The molecule has 2 fully saturated rings. The van der Waals surface area contributed by atoms with Crippen LogP contribution in [0, 0.1) is 0 Å². The summed E-state index contributed by atoms with van der Waals surface area (Å²) < 4.78 is 5.67. The Morgan fingerprint density at radius 3 is 2.40 bits per heavy atom. The number of hydrogen-bond acceptors (Lipinski definition) is 3. The van der Waals surface area contributed by atoms with E-state index in [1.54, 1.807) is 0 Å². The molecule has 106 valence electrons. The van der Waals surface area contributed by atoms with Crippen LogP contribution in [0.2, 0.25) is 0 Å². The van der Waals surface area contributed by atoms with Gasteiger partial charge in [-0.15, -0.1) is 0 Å². The minimum Gasteiger partial charge on any atom is -0.459 e. The molecule has 3 nitrogen and oxygen atoms in total. The highest BCUT2D eigenvalue weighted by molar-refractivity contribution is 6.15. The number of piperidine rings is 1. The van der Waals surface area contributed by atoms with Gasteiger partial charge in [-0.05, 0) is 25.5 Å². The summed E-state index contributed by atoms with van der Waals surface area (Å²) in [6, 6.07) is 10.7. The molecule has 0 radical (unpaired) electrons. The second-order valence-corrected chi connectivity index (χ2v) is 5.89. The lowest BCUT2D eigenvalue weighted by molar-refractivity contribution is -0.145. The van der Waals surface area contributed by atoms with E-state index in [2.05, 4.69) is 18.5 Å². The molecule has 20 heavy (non-hydrogen) atoms. The fraction of sp³-hybridized carbons (Fsp3) is 0.471. The molecule has 3 atom stereocenters. The van der Waals surface area contributed by atoms with E-state index in [0.717, 1.165) is 18.4 Å². The molecule has 0 aromatic heterocycles. The first-order valence-electron chi connectivity index (χ1n) is 7.32. The number of benzene rings is 1. The van der Waals surface area contributed by atoms with Gasteiger partial charge in [0, 0.05) is 24.9 Å². The summed E-state index contributed by atoms with van der Waals surface area (Å²) in [6.07, 6.45) is 4.43. The number of carbonyl (C=O) groups is 1. The predicted molar refractivity (Wildman–Crippen MR) is 79.2 cm³/mol. The zero-order valence-corrected chi connectivity index (χ0v) is 11.9. The van der Waals surface area contributed by atoms with Gasteiger partial charge in [0.1, 0.15) is 6.10 Å². The standard InChI is InChI=1S/C17H21NO2/c1-12(13-6-4-3-5-7-13)17(19)20-16-10-14-8-9-15(11-16)18(14)2/h3-7,14-16H,1,8-11H2,2H3/t14-,15+,16+. The van der Waals surface area contributed by atoms with Crippen molar-refractivity contribution >= 4 is 11.5 Å². The largest absolute Gasteiger partial charge is 0.459 e. The summed E-state index contributed by atoms with van der Waals surface area (Å²) in [5.74, 6) is -0.273. The molecule has 2 aliphatic heterocycles. The highest BCUT2D eigenvalue weighted by Gasteiger charge is 2.39. The normalized spacial score (nSPS) is 29.1. The Morgan fingerprint density at radius 2 is 1.80 bits per heavy atom. The summed E-state index contributed by atoms with van der Waals surface area (Å²) in [5, 5.41) is 0. The number of hydrogen-bond donors (Lipinski definition) is 0. The maximum absolute atomic E-state index is 12.2. The summed E-state index contributed by atoms with van der Waals surface area (Å²) in [4.78, 5) is 14.6. The average molecular weight is 271 g/mol. The predicted octanol–water partition coefficient (Wildman–Crippen LogP) is 2.87. The zero-order chi connectivity index (χ0) is 14.1. The van der Waals surface area contributed by atoms with E-state index in [-0.39, 0.29) is 12.1 Å². The van der Waals surface area contributed by atoms with Crippen molar-refractivity contribution in [1.29, 1.82) is 0 Å². The maximum atomic E-state index is 12.2. The van der Waals surface area contributed by atoms with Crippen LogP contribution >= 0.6 is 0 Å². The number of fused-ring (bicyclic) bond motifs is 2. The van der Waals surface area contributed by atoms with E-state index in [0.29, 0.717) is 17.7 Å². The van der Waals surface area contributed by atoms with Crippen molar-refractivity contribution in [2.24, 2.45) is 0 Å². The Morgan fingerprint density at radius 1 is 1.20 bits per heavy atom. The van der Waals surface area contributed by atoms with E-state index in [1.165, 1.54) is 12.8 Å². The van der Waals surface area contributed by atoms with Gasteiger partial charge in [0.2, 0.25) is 0 Å². The molecular formula is C17H21NO2. The molecule has 0 spiro atoms. The van der Waals surface area contributed by atoms with Crippen molar-refractivity contribution in [2.75, 3.05) is 7.05 Å². The molecule has 0 N–H and O–H groups in total. The van der Waals surface area contributed by atoms with Crippen LogP contribution in [-0.4, -0.2) is 36.1 Å². The van der Waals surface area contributed by atoms with E-state index in [9.17, 15) is 4.79 Å². The molecule has 3 rings (SSSR count). The van der Waals surface area contributed by atoms with Gasteiger partial charge in [-0.25, -0.2) is 4.79 Å². The zero-order valence-electron chi connectivity index (χ0n) is 11.9. The van der Waals surface area contributed by atoms with Crippen molar-refractivity contribution < 1.29 is 9.53 Å². The van der Waals surface area contributed by atoms with E-state index >= 15 is 0 Å². The fourth-order valence-corrected chi connectivity index (χ4v) is 3.44. The Labute approximate surface area is 120 Å². The minimum atomic E-state index is -0.273. The summed E-state index contributed by atoms with van der Waals surface area (Å²) in [5.41, 5.74) is 1.30. The second-order valence-electron chi connectivity index (χ2n) is 5.89. The van der Waals surface area contributed by atoms with Crippen LogP contribution in [0.3, 0.4) is 0 Å². The number of ether oxygens (including phenoxy) is 1. The molecule has 1 aromatic carbocycles. The van der Waals surface area contributed by atoms with E-state index in [1.807, 2.05) is 30.3 Å². The quantitative estimate of drug-likeness (QED) is 0.625. The first kappa shape index (κ1) is 13.4. The lowest BCUT2D eigenvalue weighted by Gasteiger charge is -2.35. The van der Waals surface area contributed by atoms with E-state index < -0.39 is 0 Å². The Hall–Kier alpha value is -1.61. The molecule has 0 aliphatic carbocycles. The molecule has 2 saturated heterocycles. The molecule has 2 heterocycles. The molecular weight excluding hydrogens is 250 g/mol. The highest BCUT2D eigenvalue weighted by atomic mass is 16.5. The number of nitrogens with zero attached hydrogens (tertiary/aromatic N) is 1. The second kappa shape index (κ2) is 5.41. The lowest BCUT2D eigenvalue weighted by atomic mass is 10.0. The fourth-order valence-electron chi connectivity index (χ4n) is 3.44. The van der Waals surface area contributed by atoms with Gasteiger partial charge in [0.15, 0.2) is 0 Å². The molecule has 2 bridgehead atoms. The molecule has 2 aliphatic rings. The summed E-state index contributed by atoms with van der Waals surface area (Å²) in [6.45, 7) is 3.87. The third-order valence-corrected chi connectivity index (χ3v) is 4.70. The Balaban J connectivity index is 1.61. The smallest absolute Gasteiger partial charge is 0.338 e. The first-order chi connectivity index (χ1) is 9.65. The van der Waals surface area contributed by atoms with Crippen molar-refractivity contribution in [3.05, 3.63) is 42.5 Å². The average Bonchev–Trinajstić information content (AvgIpc) is 2.69. The van der Waals surface area contributed by atoms with Crippen LogP contribution in [0.15, 0.2) is 36.9 Å². The maximum Gasteiger partial charge on any atom is 0.338 e. The summed E-state index contributed by atoms with van der Waals surface area (Å²) >= 11 is 0. The van der Waals surface area contributed by atoms with Gasteiger partial charge in [0.25, 0.3) is 0 Å². The van der Waals surface area contributed by atoms with Crippen molar-refractivity contribution in [3.63, 3.8) is 0 Å². The number of carbonyl (C=O) groups excluding carboxylic acids is 1. The van der Waals surface area contributed by atoms with Crippen LogP contribution < -0.4 is 0 Å². The van der Waals surface area contributed by atoms with Crippen LogP contribution in [0.4, 0.5) is 0 Å². The molecule has 0 amide bonds. The van der Waals surface area contributed by atoms with Crippen molar-refractivity contribution in [3.8, 4) is 0 Å². The third kappa shape index (κ3) is 2.50. The van der Waals surface area contributed by atoms with Crippen LogP contribution in [0.1, 0.15) is 31.2 Å². The van der Waals surface area contributed by atoms with Gasteiger partial charge in [-0.2, -0.15) is 0 Å². The number of esters is 1. The lowest BCUT2D eigenvalue weighted by Crippen LogP contribution is -2.43. The molecule has 0 unspecified atom stereocenters. The summed E-state index contributed by atoms with van der Waals surface area (Å²) in [7, 11) is 2.18. The number of rotatable bonds is 3. The van der Waals surface area contributed by atoms with Gasteiger partial charge >= 0.3 is 5.97 Å². The van der Waals surface area contributed by atoms with Gasteiger partial charge in [-0.1, -0.05) is 36.9 Å². The van der Waals surface area contributed by atoms with Crippen LogP contribution in [0.5, 0.6) is 0 Å². The Bertz CT molecular complexity index is 497. The topological polar surface area (TPSA) is 29.5 Å². The molecule has 0 saturated carbocycles. The van der Waals surface area contributed by atoms with Crippen molar-refractivity contribution in [2.45, 2.75) is 43.9 Å².